The van der Waals surface area contributed by atoms with Crippen LogP contribution in [0.25, 0.3) is 6.08 Å². The van der Waals surface area contributed by atoms with E-state index in [0.717, 1.165) is 6.07 Å². The number of carbonyl (C=O) groups excluding carboxylic acids is 2. The molecule has 148 valence electrons. The summed E-state index contributed by atoms with van der Waals surface area (Å²) in [7, 11) is 0. The molecule has 0 bridgehead atoms. The van der Waals surface area contributed by atoms with Crippen LogP contribution in [0, 0.1) is 11.6 Å². The fourth-order valence-corrected chi connectivity index (χ4v) is 2.93. The number of rotatable bonds is 6. The van der Waals surface area contributed by atoms with Crippen molar-refractivity contribution >= 4 is 35.2 Å². The Morgan fingerprint density at radius 1 is 1.10 bits per heavy atom. The minimum absolute atomic E-state index is 0.00995. The van der Waals surface area contributed by atoms with Crippen LogP contribution in [0.4, 0.5) is 8.78 Å². The topological polar surface area (TPSA) is 58.6 Å². The summed E-state index contributed by atoms with van der Waals surface area (Å²) in [6.07, 6.45) is 2.96. The van der Waals surface area contributed by atoms with Gasteiger partial charge < -0.3 is 4.74 Å². The first-order valence-corrected chi connectivity index (χ1v) is 8.96. The minimum Gasteiger partial charge on any atom is -0.489 e. The highest BCUT2D eigenvalue weighted by molar-refractivity contribution is 7.80. The molecule has 0 atom stereocenters. The Kier molecular flexibility index (Phi) is 6.13. The summed E-state index contributed by atoms with van der Waals surface area (Å²) in [5, 5.41) is 2.51. The summed E-state index contributed by atoms with van der Waals surface area (Å²) in [5.41, 5.74) is 0.903. The van der Waals surface area contributed by atoms with Gasteiger partial charge in [-0.3, -0.25) is 19.8 Å². The fourth-order valence-electron chi connectivity index (χ4n) is 2.68. The molecule has 8 heteroatoms. The number of benzene rings is 2. The van der Waals surface area contributed by atoms with Crippen molar-refractivity contribution < 1.29 is 23.1 Å². The first-order chi connectivity index (χ1) is 13.9. The van der Waals surface area contributed by atoms with Gasteiger partial charge in [0.2, 0.25) is 0 Å². The molecule has 0 unspecified atom stereocenters. The minimum atomic E-state index is -0.675. The first-order valence-electron chi connectivity index (χ1n) is 8.55. The van der Waals surface area contributed by atoms with Gasteiger partial charge in [-0.1, -0.05) is 18.2 Å². The SMILES string of the molecule is C=CCN1C(=O)/C(=C/c2ccc(OCc3cc(F)cc(F)c3)cc2)C(=O)NC1=S. The third kappa shape index (κ3) is 4.91. The first kappa shape index (κ1) is 20.3. The second-order valence-electron chi connectivity index (χ2n) is 6.16. The normalized spacial score (nSPS) is 15.4. The summed E-state index contributed by atoms with van der Waals surface area (Å²) in [4.78, 5) is 25.9. The van der Waals surface area contributed by atoms with E-state index in [-0.39, 0.29) is 23.8 Å². The third-order valence-electron chi connectivity index (χ3n) is 4.02. The van der Waals surface area contributed by atoms with E-state index in [2.05, 4.69) is 11.9 Å². The van der Waals surface area contributed by atoms with Crippen LogP contribution in [0.2, 0.25) is 0 Å². The quantitative estimate of drug-likeness (QED) is 0.341. The van der Waals surface area contributed by atoms with Crippen molar-refractivity contribution in [3.05, 3.63) is 83.5 Å². The van der Waals surface area contributed by atoms with Gasteiger partial charge in [-0.25, -0.2) is 8.78 Å². The van der Waals surface area contributed by atoms with Crippen molar-refractivity contribution in [1.29, 1.82) is 0 Å². The number of amides is 2. The zero-order valence-corrected chi connectivity index (χ0v) is 16.0. The van der Waals surface area contributed by atoms with E-state index in [9.17, 15) is 18.4 Å². The lowest BCUT2D eigenvalue weighted by Gasteiger charge is -2.27. The van der Waals surface area contributed by atoms with E-state index in [1.54, 1.807) is 24.3 Å². The van der Waals surface area contributed by atoms with Crippen LogP contribution in [0.5, 0.6) is 5.75 Å². The predicted octanol–water partition coefficient (Wildman–Crippen LogP) is 3.36. The Hall–Kier alpha value is -3.39. The molecule has 2 amide bonds. The van der Waals surface area contributed by atoms with Gasteiger partial charge in [-0.2, -0.15) is 0 Å². The number of carbonyl (C=O) groups is 2. The van der Waals surface area contributed by atoms with Gasteiger partial charge in [0.25, 0.3) is 11.8 Å². The maximum absolute atomic E-state index is 13.2. The third-order valence-corrected chi connectivity index (χ3v) is 4.34. The highest BCUT2D eigenvalue weighted by Gasteiger charge is 2.32. The standard InChI is InChI=1S/C21H16F2N2O3S/c1-2-7-25-20(27)18(19(26)24-21(25)29)10-13-3-5-17(6-4-13)28-12-14-8-15(22)11-16(23)9-14/h2-6,8-11H,1,7,12H2,(H,24,26,29)/b18-10+. The Bertz CT molecular complexity index is 999. The molecule has 1 N–H and O–H groups in total. The maximum Gasteiger partial charge on any atom is 0.265 e. The van der Waals surface area contributed by atoms with E-state index in [1.807, 2.05) is 0 Å². The summed E-state index contributed by atoms with van der Waals surface area (Å²) in [6.45, 7) is 3.74. The molecule has 0 saturated carbocycles. The average molecular weight is 414 g/mol. The average Bonchev–Trinajstić information content (AvgIpc) is 2.67. The van der Waals surface area contributed by atoms with Crippen molar-refractivity contribution in [2.75, 3.05) is 6.54 Å². The van der Waals surface area contributed by atoms with E-state index >= 15 is 0 Å². The lowest BCUT2D eigenvalue weighted by atomic mass is 10.1. The lowest BCUT2D eigenvalue weighted by molar-refractivity contribution is -0.128. The number of nitrogens with zero attached hydrogens (tertiary/aromatic N) is 1. The van der Waals surface area contributed by atoms with Crippen LogP contribution < -0.4 is 10.1 Å². The van der Waals surface area contributed by atoms with Gasteiger partial charge >= 0.3 is 0 Å². The number of hydrogen-bond donors (Lipinski definition) is 1. The lowest BCUT2D eigenvalue weighted by Crippen LogP contribution is -2.53. The van der Waals surface area contributed by atoms with Crippen LogP contribution in [0.3, 0.4) is 0 Å². The van der Waals surface area contributed by atoms with Crippen LogP contribution in [-0.4, -0.2) is 28.4 Å². The van der Waals surface area contributed by atoms with Gasteiger partial charge in [0.15, 0.2) is 5.11 Å². The zero-order chi connectivity index (χ0) is 21.0. The van der Waals surface area contributed by atoms with Crippen LogP contribution >= 0.6 is 12.2 Å². The fraction of sp³-hybridized carbons (Fsp3) is 0.0952. The largest absolute Gasteiger partial charge is 0.489 e. The Balaban J connectivity index is 1.72. The molecule has 5 nitrogen and oxygen atoms in total. The molecule has 0 radical (unpaired) electrons. The number of thiocarbonyl (C=S) groups is 1. The highest BCUT2D eigenvalue weighted by atomic mass is 32.1. The van der Waals surface area contributed by atoms with E-state index in [4.69, 9.17) is 17.0 Å². The molecule has 2 aromatic carbocycles. The number of halogens is 2. The van der Waals surface area contributed by atoms with E-state index in [1.165, 1.54) is 29.2 Å². The highest BCUT2D eigenvalue weighted by Crippen LogP contribution is 2.19. The van der Waals surface area contributed by atoms with Crippen LogP contribution in [0.15, 0.2) is 60.7 Å². The van der Waals surface area contributed by atoms with Crippen molar-refractivity contribution in [2.24, 2.45) is 0 Å². The van der Waals surface area contributed by atoms with Crippen LogP contribution in [0.1, 0.15) is 11.1 Å². The van der Waals surface area contributed by atoms with Crippen molar-refractivity contribution in [3.63, 3.8) is 0 Å². The molecule has 1 saturated heterocycles. The summed E-state index contributed by atoms with van der Waals surface area (Å²) in [6, 6.07) is 9.72. The molecule has 1 aliphatic heterocycles. The molecular weight excluding hydrogens is 398 g/mol. The summed E-state index contributed by atoms with van der Waals surface area (Å²) in [5.74, 6) is -1.97. The number of nitrogens with one attached hydrogen (secondary N) is 1. The smallest absolute Gasteiger partial charge is 0.265 e. The molecule has 1 fully saturated rings. The summed E-state index contributed by atoms with van der Waals surface area (Å²) < 4.78 is 31.9. The molecule has 0 spiro atoms. The Morgan fingerprint density at radius 2 is 1.76 bits per heavy atom. The van der Waals surface area contributed by atoms with Crippen molar-refractivity contribution in [1.82, 2.24) is 10.2 Å². The molecule has 3 rings (SSSR count). The van der Waals surface area contributed by atoms with Crippen LogP contribution in [-0.2, 0) is 16.2 Å². The van der Waals surface area contributed by atoms with Crippen molar-refractivity contribution in [2.45, 2.75) is 6.61 Å². The van der Waals surface area contributed by atoms with Gasteiger partial charge in [-0.15, -0.1) is 6.58 Å². The van der Waals surface area contributed by atoms with Crippen molar-refractivity contribution in [3.8, 4) is 5.75 Å². The van der Waals surface area contributed by atoms with Gasteiger partial charge in [-0.05, 0) is 53.7 Å². The molecule has 1 heterocycles. The molecule has 0 aliphatic carbocycles. The van der Waals surface area contributed by atoms with E-state index in [0.29, 0.717) is 16.9 Å². The Morgan fingerprint density at radius 3 is 2.38 bits per heavy atom. The molecule has 0 aromatic heterocycles. The molecule has 29 heavy (non-hydrogen) atoms. The Labute approximate surface area is 171 Å². The molecule has 1 aliphatic rings. The predicted molar refractivity (Wildman–Crippen MR) is 108 cm³/mol. The number of ether oxygens (including phenoxy) is 1. The molecular formula is C21H16F2N2O3S. The maximum atomic E-state index is 13.2. The van der Waals surface area contributed by atoms with E-state index < -0.39 is 23.4 Å². The van der Waals surface area contributed by atoms with Gasteiger partial charge in [0.1, 0.15) is 29.6 Å². The monoisotopic (exact) mass is 414 g/mol. The second-order valence-corrected chi connectivity index (χ2v) is 6.54. The summed E-state index contributed by atoms with van der Waals surface area (Å²) >= 11 is 5.00. The second kappa shape index (κ2) is 8.74. The molecule has 2 aromatic rings. The number of hydrogen-bond acceptors (Lipinski definition) is 4. The van der Waals surface area contributed by atoms with Gasteiger partial charge in [0, 0.05) is 12.6 Å². The zero-order valence-electron chi connectivity index (χ0n) is 15.2. The van der Waals surface area contributed by atoms with Gasteiger partial charge in [0.05, 0.1) is 0 Å².